The first-order chi connectivity index (χ1) is 5.90. The molecule has 12 heavy (non-hydrogen) atoms. The average molecular weight is 156 g/mol. The van der Waals surface area contributed by atoms with E-state index in [-0.39, 0.29) is 0 Å². The fourth-order valence-electron chi connectivity index (χ4n) is 1.25. The van der Waals surface area contributed by atoms with Gasteiger partial charge in [0, 0.05) is 0 Å². The van der Waals surface area contributed by atoms with Gasteiger partial charge < -0.3 is 0 Å². The highest BCUT2D eigenvalue weighted by Crippen LogP contribution is 2.20. The monoisotopic (exact) mass is 156 g/mol. The molecule has 0 unspecified atom stereocenters. The number of nitrogens with zero attached hydrogens (tertiary/aromatic N) is 1. The SMILES string of the molecule is N=Nc1ccc2ccccc2c1. The zero-order valence-corrected chi connectivity index (χ0v) is 6.49. The van der Waals surface area contributed by atoms with Gasteiger partial charge in [-0.25, -0.2) is 5.53 Å². The van der Waals surface area contributed by atoms with E-state index in [0.29, 0.717) is 5.69 Å². The van der Waals surface area contributed by atoms with E-state index in [9.17, 15) is 0 Å². The lowest BCUT2D eigenvalue weighted by molar-refractivity contribution is 1.15. The van der Waals surface area contributed by atoms with Crippen molar-refractivity contribution >= 4 is 16.5 Å². The Bertz CT molecular complexity index is 421. The largest absolute Gasteiger partial charge is 0.204 e. The molecular weight excluding hydrogens is 148 g/mol. The Morgan fingerprint density at radius 3 is 2.42 bits per heavy atom. The summed E-state index contributed by atoms with van der Waals surface area (Å²) in [5, 5.41) is 5.69. The minimum atomic E-state index is 0.703. The van der Waals surface area contributed by atoms with E-state index in [4.69, 9.17) is 5.53 Å². The Labute approximate surface area is 70.3 Å². The van der Waals surface area contributed by atoms with Gasteiger partial charge in [-0.2, -0.15) is 5.11 Å². The summed E-state index contributed by atoms with van der Waals surface area (Å²) in [7, 11) is 0. The molecule has 58 valence electrons. The van der Waals surface area contributed by atoms with Crippen LogP contribution >= 0.6 is 0 Å². The molecule has 0 spiro atoms. The van der Waals surface area contributed by atoms with Gasteiger partial charge in [0.05, 0.1) is 5.69 Å². The van der Waals surface area contributed by atoms with E-state index in [0.717, 1.165) is 5.39 Å². The molecule has 1 N–H and O–H groups in total. The molecule has 0 aliphatic carbocycles. The third kappa shape index (κ3) is 1.07. The normalized spacial score (nSPS) is 10.0. The fraction of sp³-hybridized carbons (Fsp3) is 0. The number of rotatable bonds is 1. The summed E-state index contributed by atoms with van der Waals surface area (Å²) in [6, 6.07) is 13.8. The molecule has 0 atom stereocenters. The van der Waals surface area contributed by atoms with Crippen LogP contribution in [-0.2, 0) is 0 Å². The van der Waals surface area contributed by atoms with Crippen molar-refractivity contribution in [3.05, 3.63) is 42.5 Å². The lowest BCUT2D eigenvalue weighted by atomic mass is 10.1. The van der Waals surface area contributed by atoms with E-state index < -0.39 is 0 Å². The summed E-state index contributed by atoms with van der Waals surface area (Å²) < 4.78 is 0. The molecule has 0 amide bonds. The quantitative estimate of drug-likeness (QED) is 0.613. The van der Waals surface area contributed by atoms with E-state index in [1.807, 2.05) is 42.5 Å². The third-order valence-corrected chi connectivity index (χ3v) is 1.86. The lowest BCUT2D eigenvalue weighted by Crippen LogP contribution is -1.69. The van der Waals surface area contributed by atoms with Crippen LogP contribution in [0.3, 0.4) is 0 Å². The summed E-state index contributed by atoms with van der Waals surface area (Å²) >= 11 is 0. The molecule has 0 bridgehead atoms. The Morgan fingerprint density at radius 2 is 1.67 bits per heavy atom. The molecule has 0 aliphatic heterocycles. The molecule has 2 aromatic carbocycles. The molecule has 0 saturated heterocycles. The first-order valence-corrected chi connectivity index (χ1v) is 3.76. The topological polar surface area (TPSA) is 36.2 Å². The second-order valence-corrected chi connectivity index (χ2v) is 2.64. The molecule has 2 rings (SSSR count). The molecule has 2 heteroatoms. The predicted octanol–water partition coefficient (Wildman–Crippen LogP) is 3.50. The minimum absolute atomic E-state index is 0.703. The maximum atomic E-state index is 6.84. The summed E-state index contributed by atoms with van der Waals surface area (Å²) in [6.07, 6.45) is 0. The number of nitrogens with one attached hydrogen (secondary N) is 1. The number of benzene rings is 2. The van der Waals surface area contributed by atoms with Crippen LogP contribution in [0.5, 0.6) is 0 Å². The van der Waals surface area contributed by atoms with Crippen LogP contribution in [0.2, 0.25) is 0 Å². The van der Waals surface area contributed by atoms with Crippen molar-refractivity contribution in [2.24, 2.45) is 5.11 Å². The summed E-state index contributed by atoms with van der Waals surface area (Å²) in [5.74, 6) is 0. The molecule has 0 fully saturated rings. The Morgan fingerprint density at radius 1 is 0.917 bits per heavy atom. The highest BCUT2D eigenvalue weighted by Gasteiger charge is 1.92. The molecule has 0 radical (unpaired) electrons. The maximum Gasteiger partial charge on any atom is 0.0856 e. The van der Waals surface area contributed by atoms with Gasteiger partial charge in [-0.1, -0.05) is 30.3 Å². The molecule has 0 saturated carbocycles. The van der Waals surface area contributed by atoms with Crippen LogP contribution < -0.4 is 0 Å². The van der Waals surface area contributed by atoms with Gasteiger partial charge in [-0.15, -0.1) is 0 Å². The molecule has 0 aliphatic rings. The van der Waals surface area contributed by atoms with Crippen LogP contribution in [0.1, 0.15) is 0 Å². The number of fused-ring (bicyclic) bond motifs is 1. The van der Waals surface area contributed by atoms with Crippen molar-refractivity contribution in [2.75, 3.05) is 0 Å². The number of hydrogen-bond acceptors (Lipinski definition) is 2. The third-order valence-electron chi connectivity index (χ3n) is 1.86. The highest BCUT2D eigenvalue weighted by molar-refractivity contribution is 5.84. The first-order valence-electron chi connectivity index (χ1n) is 3.76. The second kappa shape index (κ2) is 2.74. The Kier molecular flexibility index (Phi) is 1.59. The van der Waals surface area contributed by atoms with Gasteiger partial charge in [-0.3, -0.25) is 0 Å². The van der Waals surface area contributed by atoms with Crippen LogP contribution in [0, 0.1) is 5.53 Å². The van der Waals surface area contributed by atoms with Crippen LogP contribution in [0.4, 0.5) is 5.69 Å². The van der Waals surface area contributed by atoms with Gasteiger partial charge in [0.25, 0.3) is 0 Å². The van der Waals surface area contributed by atoms with Gasteiger partial charge in [0.2, 0.25) is 0 Å². The van der Waals surface area contributed by atoms with Crippen LogP contribution in [0.15, 0.2) is 47.6 Å². The van der Waals surface area contributed by atoms with Gasteiger partial charge >= 0.3 is 0 Å². The van der Waals surface area contributed by atoms with Crippen molar-refractivity contribution in [3.63, 3.8) is 0 Å². The van der Waals surface area contributed by atoms with E-state index in [1.54, 1.807) is 0 Å². The van der Waals surface area contributed by atoms with Crippen molar-refractivity contribution in [2.45, 2.75) is 0 Å². The van der Waals surface area contributed by atoms with Gasteiger partial charge in [-0.05, 0) is 22.9 Å². The first kappa shape index (κ1) is 6.98. The fourth-order valence-corrected chi connectivity index (χ4v) is 1.25. The summed E-state index contributed by atoms with van der Waals surface area (Å²) in [5.41, 5.74) is 7.55. The second-order valence-electron chi connectivity index (χ2n) is 2.64. The maximum absolute atomic E-state index is 6.84. The van der Waals surface area contributed by atoms with E-state index >= 15 is 0 Å². The predicted molar refractivity (Wildman–Crippen MR) is 48.8 cm³/mol. The highest BCUT2D eigenvalue weighted by atomic mass is 15.0. The van der Waals surface area contributed by atoms with Crippen molar-refractivity contribution in [1.82, 2.24) is 0 Å². The molecule has 2 aromatic rings. The average Bonchev–Trinajstić information content (AvgIpc) is 2.17. The number of hydrogen-bond donors (Lipinski definition) is 1. The van der Waals surface area contributed by atoms with Crippen molar-refractivity contribution in [1.29, 1.82) is 5.53 Å². The Hall–Kier alpha value is -1.70. The molecular formula is C10H8N2. The standard InChI is InChI=1S/C10H8N2/c11-12-10-6-5-8-3-1-2-4-9(8)7-10/h1-7,11H. The summed E-state index contributed by atoms with van der Waals surface area (Å²) in [4.78, 5) is 0. The van der Waals surface area contributed by atoms with E-state index in [2.05, 4.69) is 5.11 Å². The molecule has 0 aromatic heterocycles. The van der Waals surface area contributed by atoms with Crippen LogP contribution in [-0.4, -0.2) is 0 Å². The van der Waals surface area contributed by atoms with Crippen molar-refractivity contribution in [3.8, 4) is 0 Å². The van der Waals surface area contributed by atoms with E-state index in [1.165, 1.54) is 5.39 Å². The minimum Gasteiger partial charge on any atom is -0.204 e. The Balaban J connectivity index is 2.75. The summed E-state index contributed by atoms with van der Waals surface area (Å²) in [6.45, 7) is 0. The lowest BCUT2D eigenvalue weighted by Gasteiger charge is -1.96. The van der Waals surface area contributed by atoms with Gasteiger partial charge in [0.1, 0.15) is 0 Å². The zero-order valence-electron chi connectivity index (χ0n) is 6.49. The zero-order chi connectivity index (χ0) is 8.39. The molecule has 2 nitrogen and oxygen atoms in total. The van der Waals surface area contributed by atoms with Crippen LogP contribution in [0.25, 0.3) is 10.8 Å². The van der Waals surface area contributed by atoms with Crippen molar-refractivity contribution < 1.29 is 0 Å². The smallest absolute Gasteiger partial charge is 0.0856 e. The molecule has 0 heterocycles. The van der Waals surface area contributed by atoms with Gasteiger partial charge in [0.15, 0.2) is 0 Å².